The minimum Gasteiger partial charge on any atom is -0.374 e. The standard InChI is InChI=1S/C20H30F3N5O/c1-3-24-19(25-14-18-15-26(2)11-12-29-18)28-9-7-27(8-10-28)17-6-4-5-16(13-17)20(21,22)23/h4-6,13,18H,3,7-12,14-15H2,1-2H3,(H,24,25). The number of benzene rings is 1. The predicted molar refractivity (Wildman–Crippen MR) is 108 cm³/mol. The van der Waals surface area contributed by atoms with Crippen LogP contribution in [0.3, 0.4) is 0 Å². The molecule has 0 spiro atoms. The predicted octanol–water partition coefficient (Wildman–Crippen LogP) is 2.12. The summed E-state index contributed by atoms with van der Waals surface area (Å²) < 4.78 is 44.7. The third-order valence-electron chi connectivity index (χ3n) is 5.24. The summed E-state index contributed by atoms with van der Waals surface area (Å²) in [7, 11) is 2.08. The molecule has 1 atom stereocenters. The topological polar surface area (TPSA) is 43.3 Å². The Labute approximate surface area is 170 Å². The van der Waals surface area contributed by atoms with Crippen molar-refractivity contribution in [2.24, 2.45) is 4.99 Å². The van der Waals surface area contributed by atoms with Crippen molar-refractivity contribution in [2.75, 3.05) is 70.9 Å². The van der Waals surface area contributed by atoms with Crippen LogP contribution in [0, 0.1) is 0 Å². The molecule has 0 saturated carbocycles. The maximum atomic E-state index is 13.0. The Morgan fingerprint density at radius 1 is 1.21 bits per heavy atom. The van der Waals surface area contributed by atoms with E-state index in [-0.39, 0.29) is 6.10 Å². The number of halogens is 3. The van der Waals surface area contributed by atoms with Gasteiger partial charge in [0.2, 0.25) is 0 Å². The molecule has 1 aromatic carbocycles. The number of ether oxygens (including phenoxy) is 1. The monoisotopic (exact) mass is 413 g/mol. The van der Waals surface area contributed by atoms with Gasteiger partial charge in [0.25, 0.3) is 0 Å². The van der Waals surface area contributed by atoms with Gasteiger partial charge in [-0.2, -0.15) is 13.2 Å². The van der Waals surface area contributed by atoms with E-state index in [0.29, 0.717) is 38.4 Å². The number of morpholine rings is 1. The van der Waals surface area contributed by atoms with Gasteiger partial charge in [-0.05, 0) is 32.2 Å². The van der Waals surface area contributed by atoms with E-state index in [1.807, 2.05) is 11.8 Å². The number of rotatable bonds is 4. The molecule has 0 radical (unpaired) electrons. The minimum atomic E-state index is -4.32. The first-order valence-electron chi connectivity index (χ1n) is 10.1. The number of piperazine rings is 1. The first kappa shape index (κ1) is 21.7. The molecule has 1 N–H and O–H groups in total. The molecular formula is C20H30F3N5O. The number of hydrogen-bond acceptors (Lipinski definition) is 4. The summed E-state index contributed by atoms with van der Waals surface area (Å²) in [4.78, 5) is 11.2. The maximum absolute atomic E-state index is 13.0. The molecule has 1 aromatic rings. The number of guanidine groups is 1. The van der Waals surface area contributed by atoms with Gasteiger partial charge in [-0.15, -0.1) is 0 Å². The van der Waals surface area contributed by atoms with Gasteiger partial charge in [-0.1, -0.05) is 6.07 Å². The Balaban J connectivity index is 1.59. The minimum absolute atomic E-state index is 0.0915. The van der Waals surface area contributed by atoms with Gasteiger partial charge in [0.1, 0.15) is 0 Å². The van der Waals surface area contributed by atoms with Crippen molar-refractivity contribution in [3.8, 4) is 0 Å². The summed E-state index contributed by atoms with van der Waals surface area (Å²) in [6.07, 6.45) is -4.23. The summed E-state index contributed by atoms with van der Waals surface area (Å²) in [5, 5.41) is 3.33. The van der Waals surface area contributed by atoms with Crippen molar-refractivity contribution < 1.29 is 17.9 Å². The van der Waals surface area contributed by atoms with Crippen LogP contribution in [0.25, 0.3) is 0 Å². The summed E-state index contributed by atoms with van der Waals surface area (Å²) in [5.41, 5.74) is 0.00448. The van der Waals surface area contributed by atoms with E-state index in [1.54, 1.807) is 6.07 Å². The number of alkyl halides is 3. The summed E-state index contributed by atoms with van der Waals surface area (Å²) in [6, 6.07) is 5.55. The molecule has 1 unspecified atom stereocenters. The molecule has 2 saturated heterocycles. The molecule has 0 bridgehead atoms. The molecule has 0 amide bonds. The molecule has 6 nitrogen and oxygen atoms in total. The molecule has 0 aromatic heterocycles. The van der Waals surface area contributed by atoms with Crippen molar-refractivity contribution in [1.82, 2.24) is 15.1 Å². The lowest BCUT2D eigenvalue weighted by molar-refractivity contribution is -0.137. The maximum Gasteiger partial charge on any atom is 0.416 e. The SMILES string of the molecule is CCNC(=NCC1CN(C)CCO1)N1CCN(c2cccc(C(F)(F)F)c2)CC1. The zero-order chi connectivity index (χ0) is 20.9. The van der Waals surface area contributed by atoms with Gasteiger partial charge in [0, 0.05) is 51.5 Å². The van der Waals surface area contributed by atoms with Crippen LogP contribution in [-0.2, 0) is 10.9 Å². The van der Waals surface area contributed by atoms with E-state index >= 15 is 0 Å². The van der Waals surface area contributed by atoms with Crippen LogP contribution in [-0.4, -0.2) is 87.9 Å². The van der Waals surface area contributed by atoms with Crippen LogP contribution in [0.5, 0.6) is 0 Å². The number of nitrogens with one attached hydrogen (secondary N) is 1. The lowest BCUT2D eigenvalue weighted by Crippen LogP contribution is -2.53. The highest BCUT2D eigenvalue weighted by atomic mass is 19.4. The molecule has 9 heteroatoms. The molecule has 3 rings (SSSR count). The fourth-order valence-corrected chi connectivity index (χ4v) is 3.65. The van der Waals surface area contributed by atoms with Crippen LogP contribution in [0.1, 0.15) is 12.5 Å². The fourth-order valence-electron chi connectivity index (χ4n) is 3.65. The third kappa shape index (κ3) is 5.99. The van der Waals surface area contributed by atoms with E-state index in [4.69, 9.17) is 9.73 Å². The number of anilines is 1. The molecule has 162 valence electrons. The normalized spacial score (nSPS) is 22.1. The van der Waals surface area contributed by atoms with Crippen molar-refractivity contribution in [2.45, 2.75) is 19.2 Å². The average molecular weight is 413 g/mol. The van der Waals surface area contributed by atoms with E-state index in [9.17, 15) is 13.2 Å². The molecule has 0 aliphatic carbocycles. The highest BCUT2D eigenvalue weighted by Gasteiger charge is 2.31. The van der Waals surface area contributed by atoms with Gasteiger partial charge in [0.05, 0.1) is 24.8 Å². The highest BCUT2D eigenvalue weighted by molar-refractivity contribution is 5.80. The zero-order valence-corrected chi connectivity index (χ0v) is 17.1. The van der Waals surface area contributed by atoms with Crippen molar-refractivity contribution in [3.63, 3.8) is 0 Å². The first-order chi connectivity index (χ1) is 13.9. The Hall–Kier alpha value is -2.00. The van der Waals surface area contributed by atoms with Crippen molar-refractivity contribution >= 4 is 11.6 Å². The quantitative estimate of drug-likeness (QED) is 0.605. The molecule has 2 heterocycles. The second-order valence-corrected chi connectivity index (χ2v) is 7.47. The van der Waals surface area contributed by atoms with E-state index < -0.39 is 11.7 Å². The molecule has 2 aliphatic heterocycles. The largest absolute Gasteiger partial charge is 0.416 e. The summed E-state index contributed by atoms with van der Waals surface area (Å²) >= 11 is 0. The lowest BCUT2D eigenvalue weighted by atomic mass is 10.1. The molecule has 2 fully saturated rings. The average Bonchev–Trinajstić information content (AvgIpc) is 2.71. The van der Waals surface area contributed by atoms with Gasteiger partial charge >= 0.3 is 6.18 Å². The van der Waals surface area contributed by atoms with Gasteiger partial charge < -0.3 is 24.8 Å². The second-order valence-electron chi connectivity index (χ2n) is 7.47. The molecule has 29 heavy (non-hydrogen) atoms. The van der Waals surface area contributed by atoms with Gasteiger partial charge in [0.15, 0.2) is 5.96 Å². The second kappa shape index (κ2) is 9.67. The Bertz CT molecular complexity index is 689. The van der Waals surface area contributed by atoms with Crippen LogP contribution in [0.2, 0.25) is 0 Å². The fraction of sp³-hybridized carbons (Fsp3) is 0.650. The van der Waals surface area contributed by atoms with Gasteiger partial charge in [-0.25, -0.2) is 0 Å². The summed E-state index contributed by atoms with van der Waals surface area (Å²) in [5.74, 6) is 0.841. The van der Waals surface area contributed by atoms with Gasteiger partial charge in [-0.3, -0.25) is 4.99 Å². The van der Waals surface area contributed by atoms with E-state index in [2.05, 4.69) is 22.2 Å². The van der Waals surface area contributed by atoms with Crippen LogP contribution in [0.4, 0.5) is 18.9 Å². The van der Waals surface area contributed by atoms with E-state index in [1.165, 1.54) is 12.1 Å². The van der Waals surface area contributed by atoms with E-state index in [0.717, 1.165) is 38.3 Å². The lowest BCUT2D eigenvalue weighted by Gasteiger charge is -2.38. The van der Waals surface area contributed by atoms with Crippen molar-refractivity contribution in [1.29, 1.82) is 0 Å². The van der Waals surface area contributed by atoms with Crippen LogP contribution < -0.4 is 10.2 Å². The molecule has 2 aliphatic rings. The first-order valence-corrected chi connectivity index (χ1v) is 10.1. The Kier molecular flexibility index (Phi) is 7.23. The number of nitrogens with zero attached hydrogens (tertiary/aromatic N) is 4. The Morgan fingerprint density at radius 3 is 2.62 bits per heavy atom. The highest BCUT2D eigenvalue weighted by Crippen LogP contribution is 2.31. The summed E-state index contributed by atoms with van der Waals surface area (Å²) in [6.45, 7) is 8.62. The van der Waals surface area contributed by atoms with Crippen molar-refractivity contribution in [3.05, 3.63) is 29.8 Å². The smallest absolute Gasteiger partial charge is 0.374 e. The number of hydrogen-bond donors (Lipinski definition) is 1. The zero-order valence-electron chi connectivity index (χ0n) is 17.1. The van der Waals surface area contributed by atoms with Crippen LogP contribution >= 0.6 is 0 Å². The third-order valence-corrected chi connectivity index (χ3v) is 5.24. The number of likely N-dealkylation sites (N-methyl/N-ethyl adjacent to an activating group) is 1. The number of aliphatic imine (C=N–C) groups is 1. The van der Waals surface area contributed by atoms with Crippen LogP contribution in [0.15, 0.2) is 29.3 Å². The molecular weight excluding hydrogens is 383 g/mol. The Morgan fingerprint density at radius 2 is 1.97 bits per heavy atom.